The van der Waals surface area contributed by atoms with E-state index in [0.717, 1.165) is 6.54 Å². The summed E-state index contributed by atoms with van der Waals surface area (Å²) in [6.07, 6.45) is 5.68. The van der Waals surface area contributed by atoms with Crippen molar-refractivity contribution < 1.29 is 0 Å². The fourth-order valence-corrected chi connectivity index (χ4v) is 5.61. The maximum atomic E-state index is 4.32. The highest BCUT2D eigenvalue weighted by Crippen LogP contribution is 2.47. The molecule has 0 unspecified atom stereocenters. The molecule has 3 rings (SSSR count). The molecule has 1 nitrogen and oxygen atoms in total. The Morgan fingerprint density at radius 3 is 2.46 bits per heavy atom. The SMILES string of the molecule is C=CC(C)(C)CN(C)c1ccc(-c2sc3c(c2C(=C)C)CC(C)(C)CC3)cc1. The monoisotopic (exact) mass is 393 g/mol. The summed E-state index contributed by atoms with van der Waals surface area (Å²) in [6.45, 7) is 20.6. The van der Waals surface area contributed by atoms with Gasteiger partial charge < -0.3 is 4.90 Å². The molecule has 0 amide bonds. The van der Waals surface area contributed by atoms with Crippen LogP contribution in [0.1, 0.15) is 57.0 Å². The number of rotatable bonds is 6. The number of thiophene rings is 1. The van der Waals surface area contributed by atoms with E-state index in [1.807, 2.05) is 17.4 Å². The van der Waals surface area contributed by atoms with Crippen LogP contribution in [0.4, 0.5) is 5.69 Å². The molecule has 1 aliphatic carbocycles. The number of benzene rings is 1. The molecule has 0 saturated carbocycles. The van der Waals surface area contributed by atoms with Gasteiger partial charge in [0, 0.05) is 29.0 Å². The normalized spacial score (nSPS) is 15.8. The van der Waals surface area contributed by atoms with Crippen LogP contribution < -0.4 is 4.90 Å². The van der Waals surface area contributed by atoms with Gasteiger partial charge in [0.1, 0.15) is 0 Å². The maximum Gasteiger partial charge on any atom is 0.0423 e. The summed E-state index contributed by atoms with van der Waals surface area (Å²) < 4.78 is 0. The molecule has 2 heteroatoms. The Bertz CT molecular complexity index is 880. The van der Waals surface area contributed by atoms with Crippen molar-refractivity contribution in [1.82, 2.24) is 0 Å². The fraction of sp³-hybridized carbons (Fsp3) is 0.462. The van der Waals surface area contributed by atoms with E-state index in [1.165, 1.54) is 46.5 Å². The van der Waals surface area contributed by atoms with Crippen molar-refractivity contribution in [2.45, 2.75) is 53.9 Å². The van der Waals surface area contributed by atoms with Gasteiger partial charge in [-0.2, -0.15) is 0 Å². The Balaban J connectivity index is 1.94. The van der Waals surface area contributed by atoms with Crippen LogP contribution in [0.15, 0.2) is 43.5 Å². The first kappa shape index (κ1) is 20.9. The zero-order chi connectivity index (χ0) is 20.7. The van der Waals surface area contributed by atoms with Gasteiger partial charge >= 0.3 is 0 Å². The number of hydrogen-bond donors (Lipinski definition) is 0. The summed E-state index contributed by atoms with van der Waals surface area (Å²) in [6, 6.07) is 9.06. The third-order valence-electron chi connectivity index (χ3n) is 5.97. The van der Waals surface area contributed by atoms with Gasteiger partial charge in [-0.15, -0.1) is 17.9 Å². The molecular formula is C26H35NS. The third kappa shape index (κ3) is 4.27. The van der Waals surface area contributed by atoms with Gasteiger partial charge in [0.2, 0.25) is 0 Å². The van der Waals surface area contributed by atoms with E-state index in [0.29, 0.717) is 5.41 Å². The highest BCUT2D eigenvalue weighted by atomic mass is 32.1. The average molecular weight is 394 g/mol. The summed E-state index contributed by atoms with van der Waals surface area (Å²) in [5.74, 6) is 0. The Morgan fingerprint density at radius 2 is 1.89 bits per heavy atom. The van der Waals surface area contributed by atoms with Crippen molar-refractivity contribution in [2.75, 3.05) is 18.5 Å². The fourth-order valence-electron chi connectivity index (χ4n) is 4.21. The number of fused-ring (bicyclic) bond motifs is 1. The van der Waals surface area contributed by atoms with E-state index in [9.17, 15) is 0 Å². The molecule has 150 valence electrons. The van der Waals surface area contributed by atoms with Gasteiger partial charge in [0.05, 0.1) is 0 Å². The third-order valence-corrected chi connectivity index (χ3v) is 7.31. The highest BCUT2D eigenvalue weighted by molar-refractivity contribution is 7.16. The largest absolute Gasteiger partial charge is 0.374 e. The number of aryl methyl sites for hydroxylation is 1. The van der Waals surface area contributed by atoms with Crippen molar-refractivity contribution in [3.63, 3.8) is 0 Å². The second-order valence-corrected chi connectivity index (χ2v) is 11.0. The summed E-state index contributed by atoms with van der Waals surface area (Å²) in [7, 11) is 2.16. The van der Waals surface area contributed by atoms with Gasteiger partial charge in [0.15, 0.2) is 0 Å². The molecule has 0 fully saturated rings. The molecule has 28 heavy (non-hydrogen) atoms. The minimum Gasteiger partial charge on any atom is -0.374 e. The second kappa shape index (κ2) is 7.55. The van der Waals surface area contributed by atoms with E-state index in [1.54, 1.807) is 10.4 Å². The molecule has 0 saturated heterocycles. The van der Waals surface area contributed by atoms with Crippen LogP contribution in [0.5, 0.6) is 0 Å². The quantitative estimate of drug-likeness (QED) is 0.456. The number of nitrogens with zero attached hydrogens (tertiary/aromatic N) is 1. The standard InChI is InChI=1S/C26H35NS/c1-9-25(4,5)17-27(8)20-12-10-19(11-13-20)24-23(18(2)3)21-16-26(6,7)15-14-22(21)28-24/h9-13H,1-2,14-17H2,3-8H3. The van der Waals surface area contributed by atoms with E-state index in [2.05, 4.69) is 84.0 Å². The summed E-state index contributed by atoms with van der Waals surface area (Å²) in [5, 5.41) is 0. The highest BCUT2D eigenvalue weighted by Gasteiger charge is 2.30. The van der Waals surface area contributed by atoms with Crippen molar-refractivity contribution >= 4 is 22.6 Å². The first-order valence-corrected chi connectivity index (χ1v) is 11.1. The molecule has 0 atom stereocenters. The van der Waals surface area contributed by atoms with E-state index < -0.39 is 0 Å². The van der Waals surface area contributed by atoms with Crippen LogP contribution in [0.25, 0.3) is 16.0 Å². The molecule has 0 aliphatic heterocycles. The predicted molar refractivity (Wildman–Crippen MR) is 128 cm³/mol. The molecule has 1 heterocycles. The van der Waals surface area contributed by atoms with Crippen LogP contribution in [0.3, 0.4) is 0 Å². The zero-order valence-corrected chi connectivity index (χ0v) is 19.3. The van der Waals surface area contributed by atoms with Crippen molar-refractivity contribution in [3.05, 3.63) is 59.5 Å². The smallest absolute Gasteiger partial charge is 0.0423 e. The topological polar surface area (TPSA) is 3.24 Å². The van der Waals surface area contributed by atoms with Crippen LogP contribution in [-0.2, 0) is 12.8 Å². The summed E-state index contributed by atoms with van der Waals surface area (Å²) in [4.78, 5) is 5.28. The Hall–Kier alpha value is -1.80. The lowest BCUT2D eigenvalue weighted by Crippen LogP contribution is -2.29. The molecule has 0 bridgehead atoms. The lowest BCUT2D eigenvalue weighted by Gasteiger charge is -2.30. The summed E-state index contributed by atoms with van der Waals surface area (Å²) >= 11 is 1.98. The second-order valence-electron chi connectivity index (χ2n) is 9.92. The van der Waals surface area contributed by atoms with Gasteiger partial charge in [-0.3, -0.25) is 0 Å². The van der Waals surface area contributed by atoms with Gasteiger partial charge in [-0.25, -0.2) is 0 Å². The molecular weight excluding hydrogens is 358 g/mol. The predicted octanol–water partition coefficient (Wildman–Crippen LogP) is 7.61. The Kier molecular flexibility index (Phi) is 5.64. The first-order chi connectivity index (χ1) is 13.0. The van der Waals surface area contributed by atoms with E-state index >= 15 is 0 Å². The van der Waals surface area contributed by atoms with Crippen LogP contribution >= 0.6 is 11.3 Å². The minimum absolute atomic E-state index is 0.0974. The molecule has 0 radical (unpaired) electrons. The summed E-state index contributed by atoms with van der Waals surface area (Å²) in [5.41, 5.74) is 7.20. The maximum absolute atomic E-state index is 4.32. The molecule has 1 aromatic carbocycles. The molecule has 2 aromatic rings. The number of anilines is 1. The van der Waals surface area contributed by atoms with Gasteiger partial charge in [-0.05, 0) is 71.4 Å². The molecule has 0 N–H and O–H groups in total. The first-order valence-electron chi connectivity index (χ1n) is 10.3. The lowest BCUT2D eigenvalue weighted by molar-refractivity contribution is 0.317. The van der Waals surface area contributed by atoms with Crippen molar-refractivity contribution in [1.29, 1.82) is 0 Å². The van der Waals surface area contributed by atoms with Gasteiger partial charge in [0.25, 0.3) is 0 Å². The minimum atomic E-state index is 0.0974. The van der Waals surface area contributed by atoms with Crippen LogP contribution in [-0.4, -0.2) is 13.6 Å². The lowest BCUT2D eigenvalue weighted by atomic mass is 9.75. The number of hydrogen-bond acceptors (Lipinski definition) is 2. The van der Waals surface area contributed by atoms with Crippen molar-refractivity contribution in [3.8, 4) is 10.4 Å². The van der Waals surface area contributed by atoms with E-state index in [4.69, 9.17) is 0 Å². The number of allylic oxidation sites excluding steroid dienone is 1. The zero-order valence-electron chi connectivity index (χ0n) is 18.5. The molecule has 0 spiro atoms. The van der Waals surface area contributed by atoms with Crippen molar-refractivity contribution in [2.24, 2.45) is 10.8 Å². The van der Waals surface area contributed by atoms with Gasteiger partial charge in [-0.1, -0.05) is 52.5 Å². The molecule has 1 aliphatic rings. The van der Waals surface area contributed by atoms with Crippen LogP contribution in [0, 0.1) is 10.8 Å². The average Bonchev–Trinajstić information content (AvgIpc) is 2.99. The Morgan fingerprint density at radius 1 is 1.25 bits per heavy atom. The van der Waals surface area contributed by atoms with E-state index in [-0.39, 0.29) is 5.41 Å². The molecule has 1 aromatic heterocycles. The Labute approximate surface area is 175 Å². The van der Waals surface area contributed by atoms with Crippen LogP contribution in [0.2, 0.25) is 0 Å².